The highest BCUT2D eigenvalue weighted by Gasteiger charge is 2.37. The van der Waals surface area contributed by atoms with Gasteiger partial charge in [-0.05, 0) is 17.5 Å². The van der Waals surface area contributed by atoms with Crippen molar-refractivity contribution in [2.24, 2.45) is 0 Å². The molecule has 0 saturated carbocycles. The van der Waals surface area contributed by atoms with Crippen LogP contribution in [0.4, 0.5) is 0 Å². The lowest BCUT2D eigenvalue weighted by atomic mass is 10.0. The molecular weight excluding hydrogens is 162 g/mol. The Balaban J connectivity index is 2.09. The van der Waals surface area contributed by atoms with E-state index < -0.39 is 0 Å². The monoisotopic (exact) mass is 173 g/mol. The molecule has 1 unspecified atom stereocenters. The van der Waals surface area contributed by atoms with Gasteiger partial charge < -0.3 is 4.90 Å². The minimum absolute atomic E-state index is 0.321. The molecule has 3 rings (SSSR count). The molecule has 2 heteroatoms. The highest BCUT2D eigenvalue weighted by molar-refractivity contribution is 5.80. The molecule has 2 heterocycles. The van der Waals surface area contributed by atoms with E-state index >= 15 is 0 Å². The van der Waals surface area contributed by atoms with Crippen LogP contribution in [0.3, 0.4) is 0 Å². The van der Waals surface area contributed by atoms with E-state index in [1.54, 1.807) is 0 Å². The quantitative estimate of drug-likeness (QED) is 0.586. The summed E-state index contributed by atoms with van der Waals surface area (Å²) in [5, 5.41) is 0. The van der Waals surface area contributed by atoms with Crippen LogP contribution in [-0.2, 0) is 11.3 Å². The lowest BCUT2D eigenvalue weighted by Crippen LogP contribution is -2.20. The standard InChI is InChI=1S/C11H11NO/c13-11-6-5-10-9-4-2-1-3-8(9)7-12(10)11/h1-4,10H,5-7H2. The first kappa shape index (κ1) is 7.13. The van der Waals surface area contributed by atoms with Crippen LogP contribution in [-0.4, -0.2) is 10.8 Å². The molecule has 0 aliphatic carbocycles. The van der Waals surface area contributed by atoms with Gasteiger partial charge in [-0.3, -0.25) is 4.79 Å². The number of rotatable bonds is 0. The minimum Gasteiger partial charge on any atom is -0.331 e. The molecular formula is C11H11NO. The molecule has 2 nitrogen and oxygen atoms in total. The van der Waals surface area contributed by atoms with Crippen LogP contribution in [0.25, 0.3) is 0 Å². The topological polar surface area (TPSA) is 20.3 Å². The summed E-state index contributed by atoms with van der Waals surface area (Å²) in [6, 6.07) is 8.78. The first-order chi connectivity index (χ1) is 6.36. The van der Waals surface area contributed by atoms with Gasteiger partial charge in [0.1, 0.15) is 0 Å². The van der Waals surface area contributed by atoms with E-state index in [9.17, 15) is 4.79 Å². The molecule has 0 N–H and O–H groups in total. The SMILES string of the molecule is O=C1CCC2c3ccccc3CN12. The van der Waals surface area contributed by atoms with Crippen molar-refractivity contribution in [3.63, 3.8) is 0 Å². The normalized spacial score (nSPS) is 24.8. The van der Waals surface area contributed by atoms with Crippen molar-refractivity contribution in [1.82, 2.24) is 4.90 Å². The second-order valence-electron chi connectivity index (χ2n) is 3.77. The third-order valence-electron chi connectivity index (χ3n) is 3.08. The molecule has 1 saturated heterocycles. The molecule has 1 amide bonds. The first-order valence-corrected chi connectivity index (χ1v) is 4.73. The number of benzene rings is 1. The van der Waals surface area contributed by atoms with Gasteiger partial charge in [0.25, 0.3) is 0 Å². The highest BCUT2D eigenvalue weighted by atomic mass is 16.2. The summed E-state index contributed by atoms with van der Waals surface area (Å²) in [6.07, 6.45) is 1.74. The molecule has 2 aliphatic heterocycles. The molecule has 0 bridgehead atoms. The highest BCUT2D eigenvalue weighted by Crippen LogP contribution is 2.41. The fourth-order valence-corrected chi connectivity index (χ4v) is 2.44. The van der Waals surface area contributed by atoms with E-state index in [1.165, 1.54) is 11.1 Å². The maximum atomic E-state index is 11.5. The van der Waals surface area contributed by atoms with Gasteiger partial charge in [0.05, 0.1) is 6.04 Å². The van der Waals surface area contributed by atoms with Crippen LogP contribution >= 0.6 is 0 Å². The summed E-state index contributed by atoms with van der Waals surface area (Å²) < 4.78 is 0. The Bertz CT molecular complexity index is 372. The Morgan fingerprint density at radius 2 is 2.15 bits per heavy atom. The second kappa shape index (κ2) is 2.34. The summed E-state index contributed by atoms with van der Waals surface area (Å²) in [7, 11) is 0. The Labute approximate surface area is 77.2 Å². The van der Waals surface area contributed by atoms with Crippen LogP contribution in [0, 0.1) is 0 Å². The molecule has 0 aromatic heterocycles. The first-order valence-electron chi connectivity index (χ1n) is 4.73. The zero-order valence-corrected chi connectivity index (χ0v) is 7.36. The van der Waals surface area contributed by atoms with Crippen molar-refractivity contribution < 1.29 is 4.79 Å². The van der Waals surface area contributed by atoms with Gasteiger partial charge in [0.2, 0.25) is 5.91 Å². The summed E-state index contributed by atoms with van der Waals surface area (Å²) >= 11 is 0. The Kier molecular flexibility index (Phi) is 1.29. The molecule has 0 radical (unpaired) electrons. The summed E-state index contributed by atoms with van der Waals surface area (Å²) in [5.41, 5.74) is 2.70. The average Bonchev–Trinajstić information content (AvgIpc) is 2.67. The van der Waals surface area contributed by atoms with Gasteiger partial charge in [-0.1, -0.05) is 24.3 Å². The van der Waals surface area contributed by atoms with Gasteiger partial charge in [0, 0.05) is 13.0 Å². The summed E-state index contributed by atoms with van der Waals surface area (Å²) in [4.78, 5) is 13.5. The van der Waals surface area contributed by atoms with Crippen LogP contribution < -0.4 is 0 Å². The van der Waals surface area contributed by atoms with Crippen molar-refractivity contribution in [2.75, 3.05) is 0 Å². The van der Waals surface area contributed by atoms with Gasteiger partial charge >= 0.3 is 0 Å². The van der Waals surface area contributed by atoms with Gasteiger partial charge in [0.15, 0.2) is 0 Å². The van der Waals surface area contributed by atoms with E-state index in [0.29, 0.717) is 11.9 Å². The number of fused-ring (bicyclic) bond motifs is 3. The zero-order valence-electron chi connectivity index (χ0n) is 7.36. The largest absolute Gasteiger partial charge is 0.331 e. The predicted molar refractivity (Wildman–Crippen MR) is 49.0 cm³/mol. The van der Waals surface area contributed by atoms with E-state index in [4.69, 9.17) is 0 Å². The van der Waals surface area contributed by atoms with Crippen molar-refractivity contribution in [3.8, 4) is 0 Å². The number of carbonyl (C=O) groups excluding carboxylic acids is 1. The third kappa shape index (κ3) is 0.857. The van der Waals surface area contributed by atoms with Crippen LogP contribution in [0.15, 0.2) is 24.3 Å². The summed E-state index contributed by atoms with van der Waals surface area (Å²) in [5.74, 6) is 0.321. The van der Waals surface area contributed by atoms with E-state index in [2.05, 4.69) is 18.2 Å². The zero-order chi connectivity index (χ0) is 8.84. The molecule has 0 spiro atoms. The molecule has 1 aromatic carbocycles. The Hall–Kier alpha value is -1.31. The number of hydrogen-bond donors (Lipinski definition) is 0. The fraction of sp³-hybridized carbons (Fsp3) is 0.364. The van der Waals surface area contributed by atoms with Crippen LogP contribution in [0.1, 0.15) is 30.0 Å². The number of nitrogens with zero attached hydrogens (tertiary/aromatic N) is 1. The van der Waals surface area contributed by atoms with Gasteiger partial charge in [-0.2, -0.15) is 0 Å². The lowest BCUT2D eigenvalue weighted by Gasteiger charge is -2.14. The molecule has 1 fully saturated rings. The van der Waals surface area contributed by atoms with Crippen molar-refractivity contribution in [3.05, 3.63) is 35.4 Å². The molecule has 1 atom stereocenters. The number of amides is 1. The maximum Gasteiger partial charge on any atom is 0.223 e. The smallest absolute Gasteiger partial charge is 0.223 e. The van der Waals surface area contributed by atoms with Gasteiger partial charge in [-0.15, -0.1) is 0 Å². The predicted octanol–water partition coefficient (Wildman–Crippen LogP) is 1.86. The van der Waals surface area contributed by atoms with Crippen molar-refractivity contribution in [2.45, 2.75) is 25.4 Å². The van der Waals surface area contributed by atoms with Crippen LogP contribution in [0.5, 0.6) is 0 Å². The fourth-order valence-electron chi connectivity index (χ4n) is 2.44. The van der Waals surface area contributed by atoms with Crippen molar-refractivity contribution in [1.29, 1.82) is 0 Å². The third-order valence-corrected chi connectivity index (χ3v) is 3.08. The molecule has 66 valence electrons. The van der Waals surface area contributed by atoms with E-state index in [0.717, 1.165) is 19.4 Å². The molecule has 13 heavy (non-hydrogen) atoms. The van der Waals surface area contributed by atoms with Crippen LogP contribution in [0.2, 0.25) is 0 Å². The van der Waals surface area contributed by atoms with E-state index in [-0.39, 0.29) is 0 Å². The Morgan fingerprint density at radius 3 is 3.08 bits per heavy atom. The Morgan fingerprint density at radius 1 is 1.31 bits per heavy atom. The van der Waals surface area contributed by atoms with Gasteiger partial charge in [-0.25, -0.2) is 0 Å². The maximum absolute atomic E-state index is 11.5. The second-order valence-corrected chi connectivity index (χ2v) is 3.77. The summed E-state index contributed by atoms with van der Waals surface area (Å²) in [6.45, 7) is 0.833. The number of carbonyl (C=O) groups is 1. The lowest BCUT2D eigenvalue weighted by molar-refractivity contribution is -0.129. The molecule has 1 aromatic rings. The average molecular weight is 173 g/mol. The number of hydrogen-bond acceptors (Lipinski definition) is 1. The minimum atomic E-state index is 0.321. The van der Waals surface area contributed by atoms with Crippen molar-refractivity contribution >= 4 is 5.91 Å². The molecule has 2 aliphatic rings. The van der Waals surface area contributed by atoms with E-state index in [1.807, 2.05) is 11.0 Å².